The SMILES string of the molecule is CCc1cc(Br)ccc1NC(C)c1ccc(F)cc1. The summed E-state index contributed by atoms with van der Waals surface area (Å²) in [7, 11) is 0. The minimum absolute atomic E-state index is 0.145. The molecule has 0 aliphatic heterocycles. The first-order valence-corrected chi connectivity index (χ1v) is 7.20. The van der Waals surface area contributed by atoms with Crippen molar-refractivity contribution in [1.29, 1.82) is 0 Å². The van der Waals surface area contributed by atoms with Crippen molar-refractivity contribution >= 4 is 21.6 Å². The molecule has 1 unspecified atom stereocenters. The van der Waals surface area contributed by atoms with E-state index >= 15 is 0 Å². The Balaban J connectivity index is 2.18. The summed E-state index contributed by atoms with van der Waals surface area (Å²) in [4.78, 5) is 0. The average Bonchev–Trinajstić information content (AvgIpc) is 2.41. The molecule has 2 rings (SSSR count). The first kappa shape index (κ1) is 14.1. The third-order valence-corrected chi connectivity index (χ3v) is 3.68. The molecule has 0 amide bonds. The predicted molar refractivity (Wildman–Crippen MR) is 82.0 cm³/mol. The van der Waals surface area contributed by atoms with Gasteiger partial charge in [-0.25, -0.2) is 4.39 Å². The molecule has 2 aromatic rings. The van der Waals surface area contributed by atoms with Gasteiger partial charge in [0.05, 0.1) is 0 Å². The quantitative estimate of drug-likeness (QED) is 0.803. The Morgan fingerprint density at radius 1 is 1.16 bits per heavy atom. The van der Waals surface area contributed by atoms with Crippen molar-refractivity contribution in [3.05, 3.63) is 63.9 Å². The molecule has 19 heavy (non-hydrogen) atoms. The van der Waals surface area contributed by atoms with Crippen molar-refractivity contribution in [2.45, 2.75) is 26.3 Å². The second-order valence-corrected chi connectivity index (χ2v) is 5.49. The maximum atomic E-state index is 12.9. The van der Waals surface area contributed by atoms with E-state index < -0.39 is 0 Å². The van der Waals surface area contributed by atoms with E-state index in [2.05, 4.69) is 47.2 Å². The van der Waals surface area contributed by atoms with Gasteiger partial charge in [0.1, 0.15) is 5.82 Å². The molecule has 100 valence electrons. The molecule has 0 bridgehead atoms. The molecular formula is C16H17BrFN. The van der Waals surface area contributed by atoms with Crippen molar-refractivity contribution < 1.29 is 4.39 Å². The highest BCUT2D eigenvalue weighted by molar-refractivity contribution is 9.10. The molecule has 2 aromatic carbocycles. The Labute approximate surface area is 122 Å². The van der Waals surface area contributed by atoms with E-state index in [9.17, 15) is 4.39 Å². The minimum Gasteiger partial charge on any atom is -0.378 e. The van der Waals surface area contributed by atoms with Crippen LogP contribution in [0.25, 0.3) is 0 Å². The molecule has 1 atom stereocenters. The molecule has 0 aliphatic rings. The highest BCUT2D eigenvalue weighted by Gasteiger charge is 2.08. The van der Waals surface area contributed by atoms with Crippen molar-refractivity contribution in [1.82, 2.24) is 0 Å². The number of benzene rings is 2. The monoisotopic (exact) mass is 321 g/mol. The lowest BCUT2D eigenvalue weighted by Crippen LogP contribution is -2.08. The van der Waals surface area contributed by atoms with Crippen LogP contribution in [0.15, 0.2) is 46.9 Å². The molecule has 0 saturated carbocycles. The lowest BCUT2D eigenvalue weighted by Gasteiger charge is -2.18. The fourth-order valence-electron chi connectivity index (χ4n) is 2.06. The summed E-state index contributed by atoms with van der Waals surface area (Å²) in [5.41, 5.74) is 3.47. The zero-order chi connectivity index (χ0) is 13.8. The summed E-state index contributed by atoms with van der Waals surface area (Å²) in [5.74, 6) is -0.200. The summed E-state index contributed by atoms with van der Waals surface area (Å²) >= 11 is 3.49. The summed E-state index contributed by atoms with van der Waals surface area (Å²) < 4.78 is 14.0. The van der Waals surface area contributed by atoms with Gasteiger partial charge in [-0.3, -0.25) is 0 Å². The van der Waals surface area contributed by atoms with Crippen LogP contribution < -0.4 is 5.32 Å². The molecular weight excluding hydrogens is 305 g/mol. The standard InChI is InChI=1S/C16H17BrFN/c1-3-12-10-14(17)6-9-16(12)19-11(2)13-4-7-15(18)8-5-13/h4-11,19H,3H2,1-2H3. The Kier molecular flexibility index (Phi) is 4.59. The second-order valence-electron chi connectivity index (χ2n) is 4.57. The Morgan fingerprint density at radius 2 is 1.84 bits per heavy atom. The van der Waals surface area contributed by atoms with Gasteiger partial charge in [-0.1, -0.05) is 35.0 Å². The number of nitrogens with one attached hydrogen (secondary N) is 1. The summed E-state index contributed by atoms with van der Waals surface area (Å²) in [6.07, 6.45) is 0.970. The van der Waals surface area contributed by atoms with E-state index in [1.54, 1.807) is 0 Å². The van der Waals surface area contributed by atoms with Crippen LogP contribution in [0.1, 0.15) is 31.0 Å². The van der Waals surface area contributed by atoms with Crippen LogP contribution in [-0.2, 0) is 6.42 Å². The third kappa shape index (κ3) is 3.57. The zero-order valence-corrected chi connectivity index (χ0v) is 12.7. The second kappa shape index (κ2) is 6.20. The molecule has 3 heteroatoms. The van der Waals surface area contributed by atoms with E-state index in [0.29, 0.717) is 0 Å². The number of anilines is 1. The first-order valence-electron chi connectivity index (χ1n) is 6.40. The van der Waals surface area contributed by atoms with Crippen LogP contribution in [0.3, 0.4) is 0 Å². The number of aryl methyl sites for hydroxylation is 1. The maximum absolute atomic E-state index is 12.9. The van der Waals surface area contributed by atoms with E-state index in [1.165, 1.54) is 17.7 Å². The number of halogens is 2. The van der Waals surface area contributed by atoms with Crippen molar-refractivity contribution in [2.75, 3.05) is 5.32 Å². The minimum atomic E-state index is -0.200. The van der Waals surface area contributed by atoms with Gasteiger partial charge in [0.2, 0.25) is 0 Å². The summed E-state index contributed by atoms with van der Waals surface area (Å²) in [5, 5.41) is 3.48. The van der Waals surface area contributed by atoms with Gasteiger partial charge in [-0.2, -0.15) is 0 Å². The first-order chi connectivity index (χ1) is 9.10. The van der Waals surface area contributed by atoms with Gasteiger partial charge in [0.25, 0.3) is 0 Å². The summed E-state index contributed by atoms with van der Waals surface area (Å²) in [6, 6.07) is 13.0. The van der Waals surface area contributed by atoms with Crippen LogP contribution in [0.5, 0.6) is 0 Å². The van der Waals surface area contributed by atoms with Crippen LogP contribution in [0, 0.1) is 5.82 Å². The normalized spacial score (nSPS) is 12.2. The number of hydrogen-bond acceptors (Lipinski definition) is 1. The largest absolute Gasteiger partial charge is 0.378 e. The van der Waals surface area contributed by atoms with E-state index in [-0.39, 0.29) is 11.9 Å². The lowest BCUT2D eigenvalue weighted by atomic mass is 10.1. The fourth-order valence-corrected chi connectivity index (χ4v) is 2.47. The highest BCUT2D eigenvalue weighted by Crippen LogP contribution is 2.25. The molecule has 0 saturated heterocycles. The fraction of sp³-hybridized carbons (Fsp3) is 0.250. The highest BCUT2D eigenvalue weighted by atomic mass is 79.9. The average molecular weight is 322 g/mol. The predicted octanol–water partition coefficient (Wildman–Crippen LogP) is 5.32. The molecule has 1 nitrogen and oxygen atoms in total. The van der Waals surface area contributed by atoms with Crippen LogP contribution in [0.4, 0.5) is 10.1 Å². The van der Waals surface area contributed by atoms with Gasteiger partial charge in [-0.05, 0) is 54.8 Å². The summed E-state index contributed by atoms with van der Waals surface area (Å²) in [6.45, 7) is 4.21. The Morgan fingerprint density at radius 3 is 2.47 bits per heavy atom. The molecule has 0 aliphatic carbocycles. The van der Waals surface area contributed by atoms with Gasteiger partial charge in [-0.15, -0.1) is 0 Å². The van der Waals surface area contributed by atoms with Crippen molar-refractivity contribution in [3.8, 4) is 0 Å². The molecule has 0 aromatic heterocycles. The van der Waals surface area contributed by atoms with Gasteiger partial charge >= 0.3 is 0 Å². The topological polar surface area (TPSA) is 12.0 Å². The molecule has 1 N–H and O–H groups in total. The van der Waals surface area contributed by atoms with Gasteiger partial charge in [0.15, 0.2) is 0 Å². The Hall–Kier alpha value is -1.35. The molecule has 0 radical (unpaired) electrons. The third-order valence-electron chi connectivity index (χ3n) is 3.19. The van der Waals surface area contributed by atoms with E-state index in [4.69, 9.17) is 0 Å². The number of rotatable bonds is 4. The van der Waals surface area contributed by atoms with E-state index in [1.807, 2.05) is 18.2 Å². The van der Waals surface area contributed by atoms with Gasteiger partial charge < -0.3 is 5.32 Å². The maximum Gasteiger partial charge on any atom is 0.123 e. The van der Waals surface area contributed by atoms with E-state index in [0.717, 1.165) is 22.1 Å². The smallest absolute Gasteiger partial charge is 0.123 e. The van der Waals surface area contributed by atoms with Crippen LogP contribution in [-0.4, -0.2) is 0 Å². The number of hydrogen-bond donors (Lipinski definition) is 1. The van der Waals surface area contributed by atoms with Crippen molar-refractivity contribution in [3.63, 3.8) is 0 Å². The zero-order valence-electron chi connectivity index (χ0n) is 11.1. The molecule has 0 heterocycles. The Bertz CT molecular complexity index is 551. The van der Waals surface area contributed by atoms with Crippen LogP contribution >= 0.6 is 15.9 Å². The van der Waals surface area contributed by atoms with Crippen molar-refractivity contribution in [2.24, 2.45) is 0 Å². The lowest BCUT2D eigenvalue weighted by molar-refractivity contribution is 0.626. The van der Waals surface area contributed by atoms with Gasteiger partial charge in [0, 0.05) is 16.2 Å². The van der Waals surface area contributed by atoms with Crippen LogP contribution in [0.2, 0.25) is 0 Å². The molecule has 0 spiro atoms. The molecule has 0 fully saturated rings.